The van der Waals surface area contributed by atoms with Crippen LogP contribution in [0.25, 0.3) is 0 Å². The standard InChI is InChI=1S/C49H91NO3/c1-3-5-7-9-11-13-15-17-18-19-20-21-22-23-24-25-26-27-28-29-30-31-32-33-35-37-39-41-43-45-49(53)50-47(46-51)48(52)44-42-40-38-36-34-16-14-12-10-8-6-4-2/h10,12,19-20,34,36,42,44,47-48,51-52H,3-9,11,13-18,21-33,35,37-41,43,45-46H2,1-2H3,(H,50,53)/b12-10+,20-19-,36-34+,44-42+. The van der Waals surface area contributed by atoms with E-state index in [1.54, 1.807) is 6.08 Å². The van der Waals surface area contributed by atoms with E-state index in [1.165, 1.54) is 180 Å². The number of hydrogen-bond acceptors (Lipinski definition) is 3. The molecule has 3 N–H and O–H groups in total. The maximum atomic E-state index is 12.4. The maximum Gasteiger partial charge on any atom is 0.220 e. The fourth-order valence-electron chi connectivity index (χ4n) is 6.90. The molecule has 0 heterocycles. The van der Waals surface area contributed by atoms with Crippen molar-refractivity contribution in [2.45, 2.75) is 251 Å². The lowest BCUT2D eigenvalue weighted by molar-refractivity contribution is -0.123. The molecule has 1 amide bonds. The summed E-state index contributed by atoms with van der Waals surface area (Å²) < 4.78 is 0. The molecule has 0 aliphatic rings. The summed E-state index contributed by atoms with van der Waals surface area (Å²) in [6, 6.07) is -0.643. The first-order chi connectivity index (χ1) is 26.2. The second kappa shape index (κ2) is 44.7. The summed E-state index contributed by atoms with van der Waals surface area (Å²) in [6.07, 6.45) is 61.0. The Balaban J connectivity index is 3.48. The van der Waals surface area contributed by atoms with E-state index in [9.17, 15) is 15.0 Å². The Hall–Kier alpha value is -1.65. The summed E-state index contributed by atoms with van der Waals surface area (Å²) in [6.45, 7) is 4.25. The van der Waals surface area contributed by atoms with Gasteiger partial charge in [-0.15, -0.1) is 0 Å². The van der Waals surface area contributed by atoms with E-state index in [0.29, 0.717) is 6.42 Å². The highest BCUT2D eigenvalue weighted by atomic mass is 16.3. The molecule has 53 heavy (non-hydrogen) atoms. The van der Waals surface area contributed by atoms with Crippen molar-refractivity contribution in [2.75, 3.05) is 6.61 Å². The zero-order valence-corrected chi connectivity index (χ0v) is 35.5. The van der Waals surface area contributed by atoms with Crippen LogP contribution in [0.4, 0.5) is 0 Å². The lowest BCUT2D eigenvalue weighted by Crippen LogP contribution is -2.45. The van der Waals surface area contributed by atoms with Gasteiger partial charge in [-0.1, -0.05) is 217 Å². The topological polar surface area (TPSA) is 69.6 Å². The van der Waals surface area contributed by atoms with Crippen LogP contribution in [0, 0.1) is 0 Å². The number of carbonyl (C=O) groups excluding carboxylic acids is 1. The third-order valence-electron chi connectivity index (χ3n) is 10.5. The summed E-state index contributed by atoms with van der Waals surface area (Å²) in [4.78, 5) is 12.4. The van der Waals surface area contributed by atoms with E-state index in [2.05, 4.69) is 55.6 Å². The highest BCUT2D eigenvalue weighted by Crippen LogP contribution is 2.15. The maximum absolute atomic E-state index is 12.4. The van der Waals surface area contributed by atoms with Gasteiger partial charge in [0.2, 0.25) is 5.91 Å². The van der Waals surface area contributed by atoms with Crippen LogP contribution < -0.4 is 5.32 Å². The molecule has 0 spiro atoms. The van der Waals surface area contributed by atoms with E-state index in [0.717, 1.165) is 38.5 Å². The summed E-state index contributed by atoms with van der Waals surface area (Å²) >= 11 is 0. The Labute approximate surface area is 331 Å². The summed E-state index contributed by atoms with van der Waals surface area (Å²) in [5.41, 5.74) is 0. The minimum atomic E-state index is -0.868. The summed E-state index contributed by atoms with van der Waals surface area (Å²) in [5.74, 6) is -0.0779. The Bertz CT molecular complexity index is 847. The number of nitrogens with one attached hydrogen (secondary N) is 1. The Morgan fingerprint density at radius 3 is 1.15 bits per heavy atom. The van der Waals surface area contributed by atoms with Crippen LogP contribution >= 0.6 is 0 Å². The fourth-order valence-corrected chi connectivity index (χ4v) is 6.90. The van der Waals surface area contributed by atoms with Crippen LogP contribution in [-0.2, 0) is 4.79 Å². The SMILES string of the molecule is CCCC/C=C/CC/C=C/CC/C=C/C(O)C(CO)NC(=O)CCCCCCCCCCCCCCCCCCC/C=C\CCCCCCCCCC. The summed E-state index contributed by atoms with van der Waals surface area (Å²) in [5, 5.41) is 22.9. The second-order valence-corrected chi connectivity index (χ2v) is 15.8. The van der Waals surface area contributed by atoms with E-state index in [4.69, 9.17) is 0 Å². The zero-order chi connectivity index (χ0) is 38.6. The first-order valence-corrected chi connectivity index (χ1v) is 23.4. The van der Waals surface area contributed by atoms with E-state index >= 15 is 0 Å². The lowest BCUT2D eigenvalue weighted by Gasteiger charge is -2.19. The van der Waals surface area contributed by atoms with Gasteiger partial charge in [0.15, 0.2) is 0 Å². The molecule has 0 bridgehead atoms. The van der Waals surface area contributed by atoms with Gasteiger partial charge in [-0.05, 0) is 64.2 Å². The van der Waals surface area contributed by atoms with Gasteiger partial charge in [0.25, 0.3) is 0 Å². The molecule has 0 saturated carbocycles. The highest BCUT2D eigenvalue weighted by Gasteiger charge is 2.17. The van der Waals surface area contributed by atoms with Gasteiger partial charge < -0.3 is 15.5 Å². The predicted octanol–water partition coefficient (Wildman–Crippen LogP) is 14.7. The molecule has 0 radical (unpaired) electrons. The predicted molar refractivity (Wildman–Crippen MR) is 235 cm³/mol. The molecule has 0 fully saturated rings. The average molecular weight is 742 g/mol. The molecule has 2 atom stereocenters. The van der Waals surface area contributed by atoms with Crippen molar-refractivity contribution in [1.29, 1.82) is 0 Å². The number of amides is 1. The van der Waals surface area contributed by atoms with Crippen molar-refractivity contribution in [1.82, 2.24) is 5.32 Å². The third kappa shape index (κ3) is 41.4. The average Bonchev–Trinajstić information content (AvgIpc) is 3.16. The van der Waals surface area contributed by atoms with Crippen LogP contribution in [0.1, 0.15) is 239 Å². The van der Waals surface area contributed by atoms with Crippen molar-refractivity contribution in [3.8, 4) is 0 Å². The normalized spacial score (nSPS) is 13.4. The first-order valence-electron chi connectivity index (χ1n) is 23.4. The molecular formula is C49H91NO3. The molecule has 4 nitrogen and oxygen atoms in total. The Kier molecular flexibility index (Phi) is 43.4. The number of carbonyl (C=O) groups is 1. The molecule has 4 heteroatoms. The van der Waals surface area contributed by atoms with Crippen molar-refractivity contribution < 1.29 is 15.0 Å². The van der Waals surface area contributed by atoms with Gasteiger partial charge in [-0.2, -0.15) is 0 Å². The van der Waals surface area contributed by atoms with Crippen LogP contribution in [0.3, 0.4) is 0 Å². The number of aliphatic hydroxyl groups excluding tert-OH is 2. The minimum Gasteiger partial charge on any atom is -0.394 e. The van der Waals surface area contributed by atoms with Gasteiger partial charge in [0.1, 0.15) is 0 Å². The third-order valence-corrected chi connectivity index (χ3v) is 10.5. The Morgan fingerprint density at radius 1 is 0.434 bits per heavy atom. The number of unbranched alkanes of at least 4 members (excludes halogenated alkanes) is 29. The number of hydrogen-bond donors (Lipinski definition) is 3. The smallest absolute Gasteiger partial charge is 0.220 e. The summed E-state index contributed by atoms with van der Waals surface area (Å²) in [7, 11) is 0. The van der Waals surface area contributed by atoms with E-state index < -0.39 is 12.1 Å². The molecular weight excluding hydrogens is 651 g/mol. The number of rotatable bonds is 42. The number of allylic oxidation sites excluding steroid dienone is 7. The van der Waals surface area contributed by atoms with Crippen molar-refractivity contribution in [3.63, 3.8) is 0 Å². The van der Waals surface area contributed by atoms with Crippen molar-refractivity contribution >= 4 is 5.91 Å². The van der Waals surface area contributed by atoms with Crippen LogP contribution in [0.2, 0.25) is 0 Å². The lowest BCUT2D eigenvalue weighted by atomic mass is 10.0. The van der Waals surface area contributed by atoms with Gasteiger partial charge in [-0.3, -0.25) is 4.79 Å². The molecule has 0 aromatic rings. The molecule has 0 saturated heterocycles. The first kappa shape index (κ1) is 51.4. The van der Waals surface area contributed by atoms with Crippen LogP contribution in [0.15, 0.2) is 48.6 Å². The molecule has 0 aromatic heterocycles. The van der Waals surface area contributed by atoms with Gasteiger partial charge in [0, 0.05) is 6.42 Å². The fraction of sp³-hybridized carbons (Fsp3) is 0.816. The monoisotopic (exact) mass is 742 g/mol. The molecule has 0 aromatic carbocycles. The van der Waals surface area contributed by atoms with E-state index in [-0.39, 0.29) is 12.5 Å². The second-order valence-electron chi connectivity index (χ2n) is 15.8. The quantitative estimate of drug-likeness (QED) is 0.0431. The molecule has 310 valence electrons. The molecule has 2 unspecified atom stereocenters. The van der Waals surface area contributed by atoms with Gasteiger partial charge in [0.05, 0.1) is 18.8 Å². The van der Waals surface area contributed by atoms with Crippen LogP contribution in [0.5, 0.6) is 0 Å². The van der Waals surface area contributed by atoms with Crippen LogP contribution in [-0.4, -0.2) is 34.9 Å². The van der Waals surface area contributed by atoms with Crippen molar-refractivity contribution in [3.05, 3.63) is 48.6 Å². The van der Waals surface area contributed by atoms with E-state index in [1.807, 2.05) is 6.08 Å². The molecule has 0 aliphatic carbocycles. The highest BCUT2D eigenvalue weighted by molar-refractivity contribution is 5.76. The largest absolute Gasteiger partial charge is 0.394 e. The Morgan fingerprint density at radius 2 is 0.755 bits per heavy atom. The molecule has 0 rings (SSSR count). The zero-order valence-electron chi connectivity index (χ0n) is 35.5. The minimum absolute atomic E-state index is 0.0779. The van der Waals surface area contributed by atoms with Gasteiger partial charge >= 0.3 is 0 Å². The van der Waals surface area contributed by atoms with Crippen molar-refractivity contribution in [2.24, 2.45) is 0 Å². The number of aliphatic hydroxyl groups is 2. The molecule has 0 aliphatic heterocycles. The van der Waals surface area contributed by atoms with Gasteiger partial charge in [-0.25, -0.2) is 0 Å².